The number of thioether (sulfide) groups is 1. The van der Waals surface area contributed by atoms with Crippen molar-refractivity contribution >= 4 is 23.3 Å². The van der Waals surface area contributed by atoms with Crippen LogP contribution in [0.1, 0.15) is 17.4 Å². The number of ether oxygens (including phenoxy) is 1. The van der Waals surface area contributed by atoms with Crippen molar-refractivity contribution in [2.75, 3.05) is 12.9 Å². The highest BCUT2D eigenvalue weighted by Crippen LogP contribution is 2.25. The molecule has 96 valence electrons. The maximum atomic E-state index is 6.14. The average molecular weight is 281 g/mol. The fourth-order valence-electron chi connectivity index (χ4n) is 1.45. The summed E-state index contributed by atoms with van der Waals surface area (Å²) in [5, 5.41) is 0. The zero-order valence-corrected chi connectivity index (χ0v) is 11.9. The molecule has 1 heterocycles. The summed E-state index contributed by atoms with van der Waals surface area (Å²) in [7, 11) is 1.66. The number of nitrogens with zero attached hydrogens (tertiary/aromatic N) is 2. The molecule has 0 aliphatic carbocycles. The summed E-state index contributed by atoms with van der Waals surface area (Å²) < 4.78 is 10.2. The highest BCUT2D eigenvalue weighted by atomic mass is 32.2. The van der Waals surface area contributed by atoms with Crippen molar-refractivity contribution < 1.29 is 4.74 Å². The van der Waals surface area contributed by atoms with Gasteiger partial charge in [-0.3, -0.25) is 0 Å². The van der Waals surface area contributed by atoms with E-state index in [9.17, 15) is 0 Å². The lowest BCUT2D eigenvalue weighted by molar-refractivity contribution is 0.414. The van der Waals surface area contributed by atoms with Gasteiger partial charge in [-0.2, -0.15) is 4.37 Å². The highest BCUT2D eigenvalue weighted by Gasteiger charge is 2.09. The van der Waals surface area contributed by atoms with Gasteiger partial charge in [-0.15, -0.1) is 0 Å². The van der Waals surface area contributed by atoms with Crippen LogP contribution in [0.2, 0.25) is 0 Å². The standard InChI is InChI=1S/C12H15N3OS2/c1-8-14-12(18-15-8)17-7-11(13)9-3-5-10(16-2)6-4-9/h3-6,11H,7,13H2,1-2H3. The third-order valence-electron chi connectivity index (χ3n) is 2.44. The minimum atomic E-state index is -0.00916. The van der Waals surface area contributed by atoms with E-state index >= 15 is 0 Å². The molecule has 0 amide bonds. The lowest BCUT2D eigenvalue weighted by Crippen LogP contribution is -2.12. The molecule has 0 spiro atoms. The predicted octanol–water partition coefficient (Wildman–Crippen LogP) is 2.65. The number of aryl methyl sites for hydroxylation is 1. The molecule has 6 heteroatoms. The lowest BCUT2D eigenvalue weighted by Gasteiger charge is -2.11. The third-order valence-corrected chi connectivity index (χ3v) is 4.48. The molecular formula is C12H15N3OS2. The third kappa shape index (κ3) is 3.44. The van der Waals surface area contributed by atoms with E-state index in [2.05, 4.69) is 9.36 Å². The van der Waals surface area contributed by atoms with Crippen molar-refractivity contribution in [1.82, 2.24) is 9.36 Å². The van der Waals surface area contributed by atoms with E-state index in [1.54, 1.807) is 18.9 Å². The Balaban J connectivity index is 1.92. The van der Waals surface area contributed by atoms with Gasteiger partial charge in [-0.25, -0.2) is 4.98 Å². The fourth-order valence-corrected chi connectivity index (χ4v) is 3.11. The summed E-state index contributed by atoms with van der Waals surface area (Å²) in [6.45, 7) is 1.89. The number of aromatic nitrogens is 2. The van der Waals surface area contributed by atoms with Gasteiger partial charge in [0.05, 0.1) is 7.11 Å². The quantitative estimate of drug-likeness (QED) is 0.854. The van der Waals surface area contributed by atoms with Crippen LogP contribution in [0.4, 0.5) is 0 Å². The minimum Gasteiger partial charge on any atom is -0.497 e. The molecule has 1 aromatic carbocycles. The average Bonchev–Trinajstić information content (AvgIpc) is 2.82. The second-order valence-corrected chi connectivity index (χ2v) is 5.82. The van der Waals surface area contributed by atoms with E-state index in [1.165, 1.54) is 11.5 Å². The summed E-state index contributed by atoms with van der Waals surface area (Å²) in [5.74, 6) is 2.46. The number of methoxy groups -OCH3 is 1. The van der Waals surface area contributed by atoms with Gasteiger partial charge in [-0.05, 0) is 36.2 Å². The van der Waals surface area contributed by atoms with Gasteiger partial charge < -0.3 is 10.5 Å². The molecule has 0 saturated heterocycles. The molecular weight excluding hydrogens is 266 g/mol. The molecule has 1 aromatic heterocycles. The molecule has 0 fully saturated rings. The molecule has 2 N–H and O–H groups in total. The summed E-state index contributed by atoms with van der Waals surface area (Å²) in [6.07, 6.45) is 0. The SMILES string of the molecule is COc1ccc(C(N)CSc2nc(C)ns2)cc1. The molecule has 1 atom stereocenters. The van der Waals surface area contributed by atoms with Crippen LogP contribution >= 0.6 is 23.3 Å². The van der Waals surface area contributed by atoms with Gasteiger partial charge in [0.25, 0.3) is 0 Å². The van der Waals surface area contributed by atoms with Crippen LogP contribution in [0.5, 0.6) is 5.75 Å². The van der Waals surface area contributed by atoms with Crippen molar-refractivity contribution in [3.63, 3.8) is 0 Å². The van der Waals surface area contributed by atoms with Gasteiger partial charge >= 0.3 is 0 Å². The number of benzene rings is 1. The molecule has 0 saturated carbocycles. The topological polar surface area (TPSA) is 61.0 Å². The first kappa shape index (κ1) is 13.3. The van der Waals surface area contributed by atoms with E-state index in [0.717, 1.165) is 27.2 Å². The Morgan fingerprint density at radius 1 is 1.39 bits per heavy atom. The normalized spacial score (nSPS) is 12.4. The minimum absolute atomic E-state index is 0.00916. The van der Waals surface area contributed by atoms with Crippen LogP contribution in [-0.2, 0) is 0 Å². The Kier molecular flexibility index (Phi) is 4.57. The van der Waals surface area contributed by atoms with Crippen LogP contribution in [0.25, 0.3) is 0 Å². The zero-order valence-electron chi connectivity index (χ0n) is 10.3. The Hall–Kier alpha value is -1.11. The zero-order chi connectivity index (χ0) is 13.0. The van der Waals surface area contributed by atoms with Crippen molar-refractivity contribution in [1.29, 1.82) is 0 Å². The Morgan fingerprint density at radius 2 is 2.11 bits per heavy atom. The van der Waals surface area contributed by atoms with Crippen LogP contribution < -0.4 is 10.5 Å². The summed E-state index contributed by atoms with van der Waals surface area (Å²) in [6, 6.07) is 7.83. The molecule has 0 aliphatic heterocycles. The summed E-state index contributed by atoms with van der Waals surface area (Å²) in [5.41, 5.74) is 7.24. The van der Waals surface area contributed by atoms with E-state index in [0.29, 0.717) is 0 Å². The molecule has 0 aliphatic rings. The smallest absolute Gasteiger partial charge is 0.170 e. The highest BCUT2D eigenvalue weighted by molar-refractivity contribution is 8.00. The number of nitrogens with two attached hydrogens (primary N) is 1. The number of hydrogen-bond acceptors (Lipinski definition) is 6. The second kappa shape index (κ2) is 6.17. The molecule has 0 bridgehead atoms. The molecule has 2 rings (SSSR count). The Labute approximate surface area is 115 Å². The number of rotatable bonds is 5. The first-order valence-corrected chi connectivity index (χ1v) is 7.27. The van der Waals surface area contributed by atoms with E-state index in [1.807, 2.05) is 31.2 Å². The Bertz CT molecular complexity index is 498. The van der Waals surface area contributed by atoms with E-state index < -0.39 is 0 Å². The largest absolute Gasteiger partial charge is 0.497 e. The monoisotopic (exact) mass is 281 g/mol. The molecule has 0 radical (unpaired) electrons. The van der Waals surface area contributed by atoms with Gasteiger partial charge in [0.1, 0.15) is 11.6 Å². The maximum absolute atomic E-state index is 6.14. The van der Waals surface area contributed by atoms with E-state index in [-0.39, 0.29) is 6.04 Å². The Morgan fingerprint density at radius 3 is 2.67 bits per heavy atom. The van der Waals surface area contributed by atoms with Crippen LogP contribution in [-0.4, -0.2) is 22.2 Å². The summed E-state index contributed by atoms with van der Waals surface area (Å²) >= 11 is 3.06. The van der Waals surface area contributed by atoms with E-state index in [4.69, 9.17) is 10.5 Å². The van der Waals surface area contributed by atoms with Crippen molar-refractivity contribution in [2.24, 2.45) is 5.73 Å². The van der Waals surface area contributed by atoms with Gasteiger partial charge in [0.15, 0.2) is 4.34 Å². The van der Waals surface area contributed by atoms with Crippen LogP contribution in [0.3, 0.4) is 0 Å². The fraction of sp³-hybridized carbons (Fsp3) is 0.333. The second-order valence-electron chi connectivity index (χ2n) is 3.80. The maximum Gasteiger partial charge on any atom is 0.170 e. The van der Waals surface area contributed by atoms with Crippen molar-refractivity contribution in [2.45, 2.75) is 17.3 Å². The van der Waals surface area contributed by atoms with Gasteiger partial charge in [0, 0.05) is 11.8 Å². The summed E-state index contributed by atoms with van der Waals surface area (Å²) in [4.78, 5) is 4.30. The first-order valence-electron chi connectivity index (χ1n) is 5.51. The number of hydrogen-bond donors (Lipinski definition) is 1. The van der Waals surface area contributed by atoms with Crippen molar-refractivity contribution in [3.05, 3.63) is 35.7 Å². The molecule has 2 aromatic rings. The van der Waals surface area contributed by atoms with Crippen LogP contribution in [0, 0.1) is 6.92 Å². The predicted molar refractivity (Wildman–Crippen MR) is 75.3 cm³/mol. The van der Waals surface area contributed by atoms with Crippen LogP contribution in [0.15, 0.2) is 28.6 Å². The molecule has 4 nitrogen and oxygen atoms in total. The molecule has 1 unspecified atom stereocenters. The van der Waals surface area contributed by atoms with Crippen molar-refractivity contribution in [3.8, 4) is 5.75 Å². The first-order chi connectivity index (χ1) is 8.69. The lowest BCUT2D eigenvalue weighted by atomic mass is 10.1. The van der Waals surface area contributed by atoms with Gasteiger partial charge in [0.2, 0.25) is 0 Å². The molecule has 18 heavy (non-hydrogen) atoms. The van der Waals surface area contributed by atoms with Gasteiger partial charge in [-0.1, -0.05) is 23.9 Å².